The molecule has 0 saturated carbocycles. The molecule has 0 aliphatic heterocycles. The molecule has 0 heterocycles. The second-order valence-corrected chi connectivity index (χ2v) is 6.34. The largest absolute Gasteiger partial charge is 0.508 e. The number of carboxylic acids is 1. The lowest BCUT2D eigenvalue weighted by Gasteiger charge is -2.13. The van der Waals surface area contributed by atoms with Crippen molar-refractivity contribution in [2.75, 3.05) is 0 Å². The van der Waals surface area contributed by atoms with E-state index in [9.17, 15) is 20.1 Å². The lowest BCUT2D eigenvalue weighted by atomic mass is 9.95. The van der Waals surface area contributed by atoms with Crippen molar-refractivity contribution < 1.29 is 20.1 Å². The standard InChI is InChI=1S/C21H26O4/c1-5-6-10-16-13-18(22)17(20(23)19(16)21(24)25)12-11-15(4)9-7-8-14(2)3/h1,8,11,13,22-23H,6-7,9-10,12H2,2-4H3,(H,24,25)/b15-11+. The summed E-state index contributed by atoms with van der Waals surface area (Å²) in [5.74, 6) is 0.716. The number of hydrogen-bond donors (Lipinski definition) is 3. The topological polar surface area (TPSA) is 77.8 Å². The monoisotopic (exact) mass is 342 g/mol. The molecule has 3 N–H and O–H groups in total. The number of carbonyl (C=O) groups is 1. The summed E-state index contributed by atoms with van der Waals surface area (Å²) < 4.78 is 0. The highest BCUT2D eigenvalue weighted by atomic mass is 16.4. The summed E-state index contributed by atoms with van der Waals surface area (Å²) >= 11 is 0. The van der Waals surface area contributed by atoms with Crippen LogP contribution in [0.25, 0.3) is 0 Å². The Labute approximate surface area is 149 Å². The van der Waals surface area contributed by atoms with Crippen LogP contribution < -0.4 is 0 Å². The Balaban J connectivity index is 3.08. The van der Waals surface area contributed by atoms with Gasteiger partial charge in [0.05, 0.1) is 0 Å². The molecule has 0 radical (unpaired) electrons. The van der Waals surface area contributed by atoms with Crippen molar-refractivity contribution in [1.29, 1.82) is 0 Å². The normalized spacial score (nSPS) is 11.0. The SMILES string of the molecule is C#CCCc1cc(O)c(C/C=C(\C)CCC=C(C)C)c(O)c1C(=O)O. The third kappa shape index (κ3) is 6.04. The molecule has 1 aromatic rings. The predicted molar refractivity (Wildman–Crippen MR) is 100 cm³/mol. The number of aromatic hydroxyl groups is 2. The van der Waals surface area contributed by atoms with Crippen molar-refractivity contribution in [3.05, 3.63) is 46.1 Å². The molecule has 4 nitrogen and oxygen atoms in total. The first-order chi connectivity index (χ1) is 11.8. The number of aromatic carboxylic acids is 1. The third-order valence-electron chi connectivity index (χ3n) is 3.96. The van der Waals surface area contributed by atoms with E-state index in [1.807, 2.05) is 26.8 Å². The first kappa shape index (κ1) is 20.4. The second kappa shape index (κ2) is 9.58. The Morgan fingerprint density at radius 1 is 1.24 bits per heavy atom. The highest BCUT2D eigenvalue weighted by molar-refractivity contribution is 5.93. The van der Waals surface area contributed by atoms with Gasteiger partial charge in [0.2, 0.25) is 0 Å². The molecule has 1 aromatic carbocycles. The molecule has 0 saturated heterocycles. The zero-order valence-corrected chi connectivity index (χ0v) is 15.1. The lowest BCUT2D eigenvalue weighted by molar-refractivity contribution is 0.0692. The van der Waals surface area contributed by atoms with Gasteiger partial charge in [0.1, 0.15) is 17.1 Å². The maximum atomic E-state index is 11.5. The Morgan fingerprint density at radius 2 is 1.92 bits per heavy atom. The van der Waals surface area contributed by atoms with Crippen molar-refractivity contribution >= 4 is 5.97 Å². The molecular weight excluding hydrogens is 316 g/mol. The highest BCUT2D eigenvalue weighted by Gasteiger charge is 2.21. The fourth-order valence-electron chi connectivity index (χ4n) is 2.56. The molecule has 0 atom stereocenters. The lowest BCUT2D eigenvalue weighted by Crippen LogP contribution is -2.05. The van der Waals surface area contributed by atoms with Crippen LogP contribution in [-0.4, -0.2) is 21.3 Å². The van der Waals surface area contributed by atoms with Crippen LogP contribution in [0, 0.1) is 12.3 Å². The van der Waals surface area contributed by atoms with Gasteiger partial charge in [-0.15, -0.1) is 12.3 Å². The summed E-state index contributed by atoms with van der Waals surface area (Å²) in [6.07, 6.45) is 12.0. The fraction of sp³-hybridized carbons (Fsp3) is 0.381. The number of carboxylic acid groups (broad SMARTS) is 1. The quantitative estimate of drug-likeness (QED) is 0.477. The fourth-order valence-corrected chi connectivity index (χ4v) is 2.56. The molecule has 0 aliphatic carbocycles. The number of aryl methyl sites for hydroxylation is 1. The van der Waals surface area contributed by atoms with E-state index in [-0.39, 0.29) is 35.5 Å². The van der Waals surface area contributed by atoms with Gasteiger partial charge in [0.15, 0.2) is 0 Å². The molecule has 0 fully saturated rings. The van der Waals surface area contributed by atoms with Gasteiger partial charge >= 0.3 is 5.97 Å². The Hall–Kier alpha value is -2.67. The van der Waals surface area contributed by atoms with Gasteiger partial charge < -0.3 is 15.3 Å². The second-order valence-electron chi connectivity index (χ2n) is 6.34. The van der Waals surface area contributed by atoms with Crippen LogP contribution in [0.1, 0.15) is 61.5 Å². The molecule has 0 amide bonds. The summed E-state index contributed by atoms with van der Waals surface area (Å²) in [4.78, 5) is 11.5. The zero-order chi connectivity index (χ0) is 19.0. The summed E-state index contributed by atoms with van der Waals surface area (Å²) in [5, 5.41) is 29.9. The van der Waals surface area contributed by atoms with Crippen molar-refractivity contribution in [2.24, 2.45) is 0 Å². The summed E-state index contributed by atoms with van der Waals surface area (Å²) in [7, 11) is 0. The van der Waals surface area contributed by atoms with Crippen LogP contribution >= 0.6 is 0 Å². The Kier molecular flexibility index (Phi) is 7.81. The van der Waals surface area contributed by atoms with E-state index in [2.05, 4.69) is 12.0 Å². The average Bonchev–Trinajstić information content (AvgIpc) is 2.51. The van der Waals surface area contributed by atoms with E-state index < -0.39 is 5.97 Å². The minimum Gasteiger partial charge on any atom is -0.508 e. The highest BCUT2D eigenvalue weighted by Crippen LogP contribution is 2.35. The number of benzene rings is 1. The van der Waals surface area contributed by atoms with Crippen LogP contribution in [0.3, 0.4) is 0 Å². The van der Waals surface area contributed by atoms with E-state index in [1.165, 1.54) is 11.6 Å². The first-order valence-electron chi connectivity index (χ1n) is 8.30. The van der Waals surface area contributed by atoms with Gasteiger partial charge in [0.25, 0.3) is 0 Å². The zero-order valence-electron chi connectivity index (χ0n) is 15.1. The molecule has 0 bridgehead atoms. The van der Waals surface area contributed by atoms with Crippen LogP contribution in [0.5, 0.6) is 11.5 Å². The van der Waals surface area contributed by atoms with Crippen LogP contribution in [0.15, 0.2) is 29.4 Å². The van der Waals surface area contributed by atoms with Gasteiger partial charge in [-0.3, -0.25) is 0 Å². The molecule has 0 unspecified atom stereocenters. The van der Waals surface area contributed by atoms with Gasteiger partial charge in [-0.05, 0) is 58.1 Å². The Bertz CT molecular complexity index is 729. The van der Waals surface area contributed by atoms with Gasteiger partial charge in [-0.25, -0.2) is 4.79 Å². The Morgan fingerprint density at radius 3 is 2.48 bits per heavy atom. The molecule has 134 valence electrons. The number of rotatable bonds is 8. The summed E-state index contributed by atoms with van der Waals surface area (Å²) in [5.41, 5.74) is 2.76. The third-order valence-corrected chi connectivity index (χ3v) is 3.96. The van der Waals surface area contributed by atoms with E-state index in [0.29, 0.717) is 12.0 Å². The predicted octanol–water partition coefficient (Wildman–Crippen LogP) is 4.60. The first-order valence-corrected chi connectivity index (χ1v) is 8.30. The maximum absolute atomic E-state index is 11.5. The number of phenols is 2. The van der Waals surface area contributed by atoms with Crippen LogP contribution in [0.2, 0.25) is 0 Å². The van der Waals surface area contributed by atoms with E-state index in [0.717, 1.165) is 18.4 Å². The molecule has 1 rings (SSSR count). The maximum Gasteiger partial charge on any atom is 0.339 e. The number of allylic oxidation sites excluding steroid dienone is 4. The van der Waals surface area contributed by atoms with Crippen LogP contribution in [0.4, 0.5) is 0 Å². The number of hydrogen-bond acceptors (Lipinski definition) is 3. The van der Waals surface area contributed by atoms with Gasteiger partial charge in [0, 0.05) is 12.0 Å². The van der Waals surface area contributed by atoms with E-state index in [4.69, 9.17) is 6.42 Å². The van der Waals surface area contributed by atoms with Crippen LogP contribution in [-0.2, 0) is 12.8 Å². The molecule has 0 aliphatic rings. The van der Waals surface area contributed by atoms with Crippen molar-refractivity contribution in [3.63, 3.8) is 0 Å². The van der Waals surface area contributed by atoms with E-state index in [1.54, 1.807) is 0 Å². The minimum absolute atomic E-state index is 0.108. The summed E-state index contributed by atoms with van der Waals surface area (Å²) in [6.45, 7) is 6.07. The number of phenolic OH excluding ortho intramolecular Hbond substituents is 1. The van der Waals surface area contributed by atoms with Gasteiger partial charge in [-0.1, -0.05) is 23.3 Å². The number of terminal acetylenes is 1. The molecule has 25 heavy (non-hydrogen) atoms. The van der Waals surface area contributed by atoms with Crippen molar-refractivity contribution in [1.82, 2.24) is 0 Å². The molecular formula is C21H26O4. The molecule has 0 aromatic heterocycles. The molecule has 0 spiro atoms. The smallest absolute Gasteiger partial charge is 0.339 e. The van der Waals surface area contributed by atoms with Gasteiger partial charge in [-0.2, -0.15) is 0 Å². The van der Waals surface area contributed by atoms with Crippen molar-refractivity contribution in [2.45, 2.75) is 52.9 Å². The van der Waals surface area contributed by atoms with Crippen molar-refractivity contribution in [3.8, 4) is 23.8 Å². The van der Waals surface area contributed by atoms with E-state index >= 15 is 0 Å². The molecule has 4 heteroatoms. The summed E-state index contributed by atoms with van der Waals surface area (Å²) in [6, 6.07) is 1.39. The minimum atomic E-state index is -1.23. The average molecular weight is 342 g/mol.